The molecule has 0 aliphatic rings. The third-order valence-electron chi connectivity index (χ3n) is 4.00. The van der Waals surface area contributed by atoms with E-state index in [-0.39, 0.29) is 5.41 Å². The normalized spacial score (nSPS) is 13.3. The standard InChI is InChI=1S/C23H34O/c1-9-20(14-18(4)19(5)17(2)3)15-21-12-10-11-13-22(21)24-16-23(6,7)8/h9-14,17H,5,15-16H2,1-4,6-8H3/b18-14-,20-9+. The van der Waals surface area contributed by atoms with Gasteiger partial charge in [-0.3, -0.25) is 0 Å². The molecule has 0 saturated carbocycles. The molecule has 0 bridgehead atoms. The quantitative estimate of drug-likeness (QED) is 0.503. The van der Waals surface area contributed by atoms with Gasteiger partial charge in [-0.05, 0) is 53.5 Å². The zero-order valence-corrected chi connectivity index (χ0v) is 16.6. The minimum atomic E-state index is 0.155. The number of para-hydroxylation sites is 1. The van der Waals surface area contributed by atoms with Crippen molar-refractivity contribution in [3.05, 3.63) is 65.3 Å². The Morgan fingerprint density at radius 2 is 1.83 bits per heavy atom. The Morgan fingerprint density at radius 3 is 2.38 bits per heavy atom. The van der Waals surface area contributed by atoms with Crippen LogP contribution in [-0.2, 0) is 6.42 Å². The molecule has 0 fully saturated rings. The van der Waals surface area contributed by atoms with Crippen molar-refractivity contribution in [1.29, 1.82) is 0 Å². The van der Waals surface area contributed by atoms with Crippen LogP contribution in [0.1, 0.15) is 54.0 Å². The van der Waals surface area contributed by atoms with Gasteiger partial charge in [-0.25, -0.2) is 0 Å². The van der Waals surface area contributed by atoms with Gasteiger partial charge in [0.15, 0.2) is 0 Å². The molecule has 1 aromatic carbocycles. The molecular formula is C23H34O. The van der Waals surface area contributed by atoms with Crippen molar-refractivity contribution in [1.82, 2.24) is 0 Å². The second-order valence-electron chi connectivity index (χ2n) is 8.00. The van der Waals surface area contributed by atoms with Crippen LogP contribution in [0.15, 0.2) is 59.7 Å². The average molecular weight is 327 g/mol. The highest BCUT2D eigenvalue weighted by molar-refractivity contribution is 5.41. The summed E-state index contributed by atoms with van der Waals surface area (Å²) in [6.45, 7) is 20.1. The van der Waals surface area contributed by atoms with E-state index in [0.717, 1.165) is 12.2 Å². The van der Waals surface area contributed by atoms with Crippen molar-refractivity contribution < 1.29 is 4.74 Å². The molecule has 1 aromatic rings. The van der Waals surface area contributed by atoms with Crippen LogP contribution in [0, 0.1) is 11.3 Å². The molecule has 0 radical (unpaired) electrons. The topological polar surface area (TPSA) is 9.23 Å². The molecule has 24 heavy (non-hydrogen) atoms. The average Bonchev–Trinajstić information content (AvgIpc) is 2.51. The van der Waals surface area contributed by atoms with Gasteiger partial charge in [0.2, 0.25) is 0 Å². The first kappa shape index (κ1) is 20.3. The summed E-state index contributed by atoms with van der Waals surface area (Å²) >= 11 is 0. The summed E-state index contributed by atoms with van der Waals surface area (Å²) in [5.74, 6) is 1.46. The Bertz CT molecular complexity index is 609. The van der Waals surface area contributed by atoms with Crippen molar-refractivity contribution in [2.75, 3.05) is 6.61 Å². The molecule has 0 heterocycles. The van der Waals surface area contributed by atoms with Crippen LogP contribution in [0.4, 0.5) is 0 Å². The van der Waals surface area contributed by atoms with Gasteiger partial charge in [0, 0.05) is 6.42 Å². The molecule has 1 heteroatoms. The lowest BCUT2D eigenvalue weighted by Gasteiger charge is -2.20. The van der Waals surface area contributed by atoms with Gasteiger partial charge in [0.25, 0.3) is 0 Å². The summed E-state index contributed by atoms with van der Waals surface area (Å²) < 4.78 is 6.07. The van der Waals surface area contributed by atoms with E-state index in [4.69, 9.17) is 4.74 Å². The Labute approximate surface area is 149 Å². The van der Waals surface area contributed by atoms with Crippen molar-refractivity contribution in [3.63, 3.8) is 0 Å². The van der Waals surface area contributed by atoms with E-state index in [0.29, 0.717) is 12.5 Å². The summed E-state index contributed by atoms with van der Waals surface area (Å²) in [5.41, 5.74) is 5.13. The second-order valence-corrected chi connectivity index (χ2v) is 8.00. The van der Waals surface area contributed by atoms with E-state index in [1.807, 2.05) is 6.07 Å². The van der Waals surface area contributed by atoms with Crippen LogP contribution in [0.2, 0.25) is 0 Å². The zero-order valence-electron chi connectivity index (χ0n) is 16.6. The summed E-state index contributed by atoms with van der Waals surface area (Å²) in [7, 11) is 0. The fourth-order valence-electron chi connectivity index (χ4n) is 2.37. The third kappa shape index (κ3) is 6.78. The number of hydrogen-bond donors (Lipinski definition) is 0. The lowest BCUT2D eigenvalue weighted by molar-refractivity contribution is 0.196. The number of allylic oxidation sites excluding steroid dienone is 5. The van der Waals surface area contributed by atoms with Crippen LogP contribution >= 0.6 is 0 Å². The van der Waals surface area contributed by atoms with E-state index in [1.54, 1.807) is 0 Å². The molecule has 0 atom stereocenters. The molecule has 0 amide bonds. The van der Waals surface area contributed by atoms with Crippen molar-refractivity contribution >= 4 is 0 Å². The molecule has 0 aliphatic heterocycles. The van der Waals surface area contributed by atoms with E-state index in [1.165, 1.54) is 22.3 Å². The monoisotopic (exact) mass is 326 g/mol. The number of ether oxygens (including phenoxy) is 1. The van der Waals surface area contributed by atoms with Crippen LogP contribution < -0.4 is 4.74 Å². The maximum absolute atomic E-state index is 6.07. The minimum Gasteiger partial charge on any atom is -0.493 e. The highest BCUT2D eigenvalue weighted by Crippen LogP contribution is 2.26. The van der Waals surface area contributed by atoms with Gasteiger partial charge in [0.1, 0.15) is 5.75 Å². The van der Waals surface area contributed by atoms with Gasteiger partial charge in [-0.1, -0.05) is 71.5 Å². The van der Waals surface area contributed by atoms with Crippen molar-refractivity contribution in [2.45, 2.75) is 54.9 Å². The van der Waals surface area contributed by atoms with E-state index >= 15 is 0 Å². The number of hydrogen-bond acceptors (Lipinski definition) is 1. The first-order valence-corrected chi connectivity index (χ1v) is 8.87. The fraction of sp³-hybridized carbons (Fsp3) is 0.478. The third-order valence-corrected chi connectivity index (χ3v) is 4.00. The molecule has 0 unspecified atom stereocenters. The minimum absolute atomic E-state index is 0.155. The summed E-state index contributed by atoms with van der Waals surface area (Å²) in [4.78, 5) is 0. The predicted molar refractivity (Wildman–Crippen MR) is 107 cm³/mol. The Balaban J connectivity index is 2.95. The smallest absolute Gasteiger partial charge is 0.122 e. The number of rotatable bonds is 7. The number of benzene rings is 1. The van der Waals surface area contributed by atoms with Gasteiger partial charge in [-0.15, -0.1) is 0 Å². The lowest BCUT2D eigenvalue weighted by atomic mass is 9.94. The van der Waals surface area contributed by atoms with Crippen LogP contribution in [0.5, 0.6) is 5.75 Å². The highest BCUT2D eigenvalue weighted by Gasteiger charge is 2.13. The Morgan fingerprint density at radius 1 is 1.21 bits per heavy atom. The SMILES string of the molecule is C=C(/C(C)=C\C(=C/C)Cc1ccccc1OCC(C)(C)C)C(C)C. The molecule has 1 nitrogen and oxygen atoms in total. The fourth-order valence-corrected chi connectivity index (χ4v) is 2.37. The zero-order chi connectivity index (χ0) is 18.3. The van der Waals surface area contributed by atoms with Crippen molar-refractivity contribution in [2.24, 2.45) is 11.3 Å². The predicted octanol–water partition coefficient (Wildman–Crippen LogP) is 6.76. The molecular weight excluding hydrogens is 292 g/mol. The van der Waals surface area contributed by atoms with Crippen LogP contribution in [-0.4, -0.2) is 6.61 Å². The van der Waals surface area contributed by atoms with E-state index in [9.17, 15) is 0 Å². The molecule has 1 rings (SSSR count). The second kappa shape index (κ2) is 8.92. The lowest BCUT2D eigenvalue weighted by Crippen LogP contribution is -2.17. The largest absolute Gasteiger partial charge is 0.493 e. The van der Waals surface area contributed by atoms with Crippen LogP contribution in [0.25, 0.3) is 0 Å². The summed E-state index contributed by atoms with van der Waals surface area (Å²) in [5, 5.41) is 0. The molecule has 0 spiro atoms. The van der Waals surface area contributed by atoms with Gasteiger partial charge >= 0.3 is 0 Å². The first-order valence-electron chi connectivity index (χ1n) is 8.87. The Hall–Kier alpha value is -1.76. The summed E-state index contributed by atoms with van der Waals surface area (Å²) in [6, 6.07) is 8.34. The molecule has 132 valence electrons. The van der Waals surface area contributed by atoms with Gasteiger partial charge in [-0.2, -0.15) is 0 Å². The molecule has 0 N–H and O–H groups in total. The maximum atomic E-state index is 6.07. The maximum Gasteiger partial charge on any atom is 0.122 e. The van der Waals surface area contributed by atoms with Crippen molar-refractivity contribution in [3.8, 4) is 5.75 Å². The summed E-state index contributed by atoms with van der Waals surface area (Å²) in [6.07, 6.45) is 5.31. The highest BCUT2D eigenvalue weighted by atomic mass is 16.5. The van der Waals surface area contributed by atoms with Gasteiger partial charge in [0.05, 0.1) is 6.61 Å². The van der Waals surface area contributed by atoms with E-state index in [2.05, 4.69) is 85.4 Å². The molecule has 0 aromatic heterocycles. The van der Waals surface area contributed by atoms with E-state index < -0.39 is 0 Å². The molecule has 0 saturated heterocycles. The first-order chi connectivity index (χ1) is 11.1. The molecule has 0 aliphatic carbocycles. The van der Waals surface area contributed by atoms with Crippen LogP contribution in [0.3, 0.4) is 0 Å². The Kier molecular flexibility index (Phi) is 7.54. The van der Waals surface area contributed by atoms with Gasteiger partial charge < -0.3 is 4.74 Å².